The van der Waals surface area contributed by atoms with Crippen LogP contribution >= 0.6 is 0 Å². The van der Waals surface area contributed by atoms with Crippen molar-refractivity contribution < 1.29 is 14.5 Å². The number of benzene rings is 2. The number of unbranched alkanes of at least 4 members (excludes halogenated alkanes) is 1. The molecule has 0 aliphatic heterocycles. The first-order valence-corrected chi connectivity index (χ1v) is 8.05. The molecule has 25 heavy (non-hydrogen) atoms. The van der Waals surface area contributed by atoms with E-state index < -0.39 is 10.8 Å². The predicted octanol–water partition coefficient (Wildman–Crippen LogP) is 4.43. The predicted molar refractivity (Wildman–Crippen MR) is 97.6 cm³/mol. The van der Waals surface area contributed by atoms with Crippen molar-refractivity contribution in [3.63, 3.8) is 0 Å². The highest BCUT2D eigenvalue weighted by Crippen LogP contribution is 2.23. The van der Waals surface area contributed by atoms with Crippen LogP contribution in [0.3, 0.4) is 0 Å². The van der Waals surface area contributed by atoms with Crippen LogP contribution in [0.1, 0.15) is 25.3 Å². The summed E-state index contributed by atoms with van der Waals surface area (Å²) >= 11 is 0. The number of anilines is 1. The summed E-state index contributed by atoms with van der Waals surface area (Å²) in [6.45, 7) is 2.79. The maximum Gasteiger partial charge on any atom is 0.292 e. The molecule has 0 spiro atoms. The minimum Gasteiger partial charge on any atom is -0.494 e. The standard InChI is InChI=1S/C19H20N2O4/c1-2-3-14-25-16-11-8-15(9-12-16)10-13-19(22)20-17-6-4-5-7-18(17)21(23)24/h4-13H,2-3,14H2,1H3,(H,20,22). The third-order valence-corrected chi connectivity index (χ3v) is 3.43. The van der Waals surface area contributed by atoms with Gasteiger partial charge in [-0.1, -0.05) is 37.6 Å². The van der Waals surface area contributed by atoms with Crippen molar-refractivity contribution >= 4 is 23.4 Å². The summed E-state index contributed by atoms with van der Waals surface area (Å²) in [7, 11) is 0. The Balaban J connectivity index is 1.95. The van der Waals surface area contributed by atoms with Crippen LogP contribution in [0.15, 0.2) is 54.6 Å². The highest BCUT2D eigenvalue weighted by atomic mass is 16.6. The zero-order valence-electron chi connectivity index (χ0n) is 14.0. The minimum atomic E-state index is -0.531. The first-order valence-electron chi connectivity index (χ1n) is 8.05. The van der Waals surface area contributed by atoms with Gasteiger partial charge in [-0.15, -0.1) is 0 Å². The molecule has 2 aromatic rings. The van der Waals surface area contributed by atoms with Crippen molar-refractivity contribution in [2.75, 3.05) is 11.9 Å². The van der Waals surface area contributed by atoms with Gasteiger partial charge in [0.15, 0.2) is 0 Å². The molecular formula is C19H20N2O4. The zero-order chi connectivity index (χ0) is 18.1. The fourth-order valence-corrected chi connectivity index (χ4v) is 2.09. The smallest absolute Gasteiger partial charge is 0.292 e. The minimum absolute atomic E-state index is 0.141. The molecule has 0 fully saturated rings. The van der Waals surface area contributed by atoms with E-state index in [9.17, 15) is 14.9 Å². The molecule has 0 aromatic heterocycles. The molecule has 0 atom stereocenters. The van der Waals surface area contributed by atoms with E-state index in [0.717, 1.165) is 24.2 Å². The molecule has 1 amide bonds. The Kier molecular flexibility index (Phi) is 6.71. The molecule has 0 saturated heterocycles. The Labute approximate surface area is 146 Å². The van der Waals surface area contributed by atoms with Crippen molar-refractivity contribution in [1.82, 2.24) is 0 Å². The van der Waals surface area contributed by atoms with E-state index in [0.29, 0.717) is 6.61 Å². The van der Waals surface area contributed by atoms with Crippen molar-refractivity contribution in [3.05, 3.63) is 70.3 Å². The van der Waals surface area contributed by atoms with Gasteiger partial charge in [0.2, 0.25) is 5.91 Å². The fraction of sp³-hybridized carbons (Fsp3) is 0.211. The number of rotatable bonds is 8. The lowest BCUT2D eigenvalue weighted by molar-refractivity contribution is -0.383. The normalized spacial score (nSPS) is 10.6. The highest BCUT2D eigenvalue weighted by molar-refractivity contribution is 6.03. The summed E-state index contributed by atoms with van der Waals surface area (Å²) in [6, 6.07) is 13.4. The quantitative estimate of drug-likeness (QED) is 0.334. The van der Waals surface area contributed by atoms with E-state index in [1.165, 1.54) is 18.2 Å². The zero-order valence-corrected chi connectivity index (χ0v) is 14.0. The van der Waals surface area contributed by atoms with Gasteiger partial charge in [-0.25, -0.2) is 0 Å². The van der Waals surface area contributed by atoms with Gasteiger partial charge in [-0.2, -0.15) is 0 Å². The van der Waals surface area contributed by atoms with E-state index >= 15 is 0 Å². The number of carbonyl (C=O) groups excluding carboxylic acids is 1. The third-order valence-electron chi connectivity index (χ3n) is 3.43. The number of para-hydroxylation sites is 2. The Bertz CT molecular complexity index is 754. The number of nitrogens with zero attached hydrogens (tertiary/aromatic N) is 1. The maximum atomic E-state index is 12.0. The highest BCUT2D eigenvalue weighted by Gasteiger charge is 2.13. The van der Waals surface area contributed by atoms with Crippen LogP contribution in [0.5, 0.6) is 5.75 Å². The first kappa shape index (κ1) is 18.2. The summed E-state index contributed by atoms with van der Waals surface area (Å²) in [5.74, 6) is 0.354. The lowest BCUT2D eigenvalue weighted by atomic mass is 10.2. The Hall–Kier alpha value is -3.15. The number of nitro groups is 1. The molecule has 2 rings (SSSR count). The summed E-state index contributed by atoms with van der Waals surface area (Å²) in [4.78, 5) is 22.4. The monoisotopic (exact) mass is 340 g/mol. The molecule has 6 heteroatoms. The van der Waals surface area contributed by atoms with Crippen molar-refractivity contribution in [2.45, 2.75) is 19.8 Å². The number of amides is 1. The Morgan fingerprint density at radius 2 is 1.92 bits per heavy atom. The summed E-state index contributed by atoms with van der Waals surface area (Å²) in [6.07, 6.45) is 5.06. The third kappa shape index (κ3) is 5.76. The lowest BCUT2D eigenvalue weighted by Crippen LogP contribution is -2.09. The molecule has 0 unspecified atom stereocenters. The number of nitro benzene ring substituents is 1. The van der Waals surface area contributed by atoms with E-state index in [4.69, 9.17) is 4.74 Å². The second-order valence-electron chi connectivity index (χ2n) is 5.37. The number of nitrogens with one attached hydrogen (secondary N) is 1. The summed E-state index contributed by atoms with van der Waals surface area (Å²) in [5, 5.41) is 13.4. The van der Waals surface area contributed by atoms with Gasteiger partial charge in [-0.3, -0.25) is 14.9 Å². The molecule has 1 N–H and O–H groups in total. The van der Waals surface area contributed by atoms with Crippen LogP contribution in [-0.2, 0) is 4.79 Å². The molecule has 0 heterocycles. The van der Waals surface area contributed by atoms with Crippen molar-refractivity contribution in [1.29, 1.82) is 0 Å². The Morgan fingerprint density at radius 3 is 2.60 bits per heavy atom. The van der Waals surface area contributed by atoms with Crippen LogP contribution in [0, 0.1) is 10.1 Å². The van der Waals surface area contributed by atoms with Crippen LogP contribution in [-0.4, -0.2) is 17.4 Å². The Morgan fingerprint density at radius 1 is 1.20 bits per heavy atom. The van der Waals surface area contributed by atoms with Crippen LogP contribution < -0.4 is 10.1 Å². The molecule has 0 aliphatic rings. The molecular weight excluding hydrogens is 320 g/mol. The van der Waals surface area contributed by atoms with Crippen molar-refractivity contribution in [2.24, 2.45) is 0 Å². The van der Waals surface area contributed by atoms with E-state index in [2.05, 4.69) is 12.2 Å². The summed E-state index contributed by atoms with van der Waals surface area (Å²) in [5.41, 5.74) is 0.861. The maximum absolute atomic E-state index is 12.0. The molecule has 2 aromatic carbocycles. The number of hydrogen-bond donors (Lipinski definition) is 1. The van der Waals surface area contributed by atoms with E-state index in [1.54, 1.807) is 18.2 Å². The second-order valence-corrected chi connectivity index (χ2v) is 5.37. The van der Waals surface area contributed by atoms with Crippen LogP contribution in [0.2, 0.25) is 0 Å². The van der Waals surface area contributed by atoms with E-state index in [1.807, 2.05) is 24.3 Å². The molecule has 0 aliphatic carbocycles. The van der Waals surface area contributed by atoms with Gasteiger partial charge in [0.1, 0.15) is 11.4 Å². The molecule has 0 bridgehead atoms. The van der Waals surface area contributed by atoms with Gasteiger partial charge < -0.3 is 10.1 Å². The van der Waals surface area contributed by atoms with Crippen LogP contribution in [0.25, 0.3) is 6.08 Å². The topological polar surface area (TPSA) is 81.5 Å². The average molecular weight is 340 g/mol. The first-order chi connectivity index (χ1) is 12.1. The fourth-order valence-electron chi connectivity index (χ4n) is 2.09. The van der Waals surface area contributed by atoms with Crippen molar-refractivity contribution in [3.8, 4) is 5.75 Å². The molecule has 130 valence electrons. The van der Waals surface area contributed by atoms with Gasteiger partial charge in [0.05, 0.1) is 11.5 Å². The van der Waals surface area contributed by atoms with Gasteiger partial charge >= 0.3 is 0 Å². The average Bonchev–Trinajstić information content (AvgIpc) is 2.61. The lowest BCUT2D eigenvalue weighted by Gasteiger charge is -2.05. The van der Waals surface area contributed by atoms with Gasteiger partial charge in [0, 0.05) is 12.1 Å². The molecule has 0 saturated carbocycles. The van der Waals surface area contributed by atoms with E-state index in [-0.39, 0.29) is 11.4 Å². The number of hydrogen-bond acceptors (Lipinski definition) is 4. The van der Waals surface area contributed by atoms with Gasteiger partial charge in [-0.05, 0) is 36.3 Å². The number of carbonyl (C=O) groups is 1. The SMILES string of the molecule is CCCCOc1ccc(C=CC(=O)Nc2ccccc2[N+](=O)[O-])cc1. The number of ether oxygens (including phenoxy) is 1. The van der Waals surface area contributed by atoms with Crippen LogP contribution in [0.4, 0.5) is 11.4 Å². The van der Waals surface area contributed by atoms with Gasteiger partial charge in [0.25, 0.3) is 5.69 Å². The summed E-state index contributed by atoms with van der Waals surface area (Å²) < 4.78 is 5.57. The molecule has 6 nitrogen and oxygen atoms in total. The largest absolute Gasteiger partial charge is 0.494 e. The second kappa shape index (κ2) is 9.22. The molecule has 0 radical (unpaired) electrons.